The average molecular weight is 162 g/mol. The van der Waals surface area contributed by atoms with Crippen molar-refractivity contribution in [3.05, 3.63) is 29.6 Å². The highest BCUT2D eigenvalue weighted by atomic mass is 15.0. The summed E-state index contributed by atoms with van der Waals surface area (Å²) >= 11 is 0. The van der Waals surface area contributed by atoms with Gasteiger partial charge >= 0.3 is 0 Å². The lowest BCUT2D eigenvalue weighted by atomic mass is 9.87. The molecular weight excluding hydrogens is 148 g/mol. The van der Waals surface area contributed by atoms with Crippen LogP contribution in [0.3, 0.4) is 0 Å². The molecule has 2 heterocycles. The van der Waals surface area contributed by atoms with Gasteiger partial charge in [-0.25, -0.2) is 0 Å². The summed E-state index contributed by atoms with van der Waals surface area (Å²) in [6.07, 6.45) is 4.98. The van der Waals surface area contributed by atoms with Crippen LogP contribution in [0.2, 0.25) is 0 Å². The van der Waals surface area contributed by atoms with Crippen molar-refractivity contribution in [1.82, 2.24) is 10.3 Å². The molecule has 0 saturated carbocycles. The molecule has 1 aromatic heterocycles. The Bertz CT molecular complexity index is 292. The van der Waals surface area contributed by atoms with Gasteiger partial charge in [0.15, 0.2) is 0 Å². The average Bonchev–Trinajstić information content (AvgIpc) is 2.04. The minimum atomic E-state index is 0.0991. The van der Waals surface area contributed by atoms with Crippen molar-refractivity contribution < 1.29 is 0 Å². The maximum absolute atomic E-state index is 4.15. The molecule has 1 aliphatic heterocycles. The van der Waals surface area contributed by atoms with Crippen LogP contribution in [0.25, 0.3) is 0 Å². The summed E-state index contributed by atoms with van der Waals surface area (Å²) in [6.45, 7) is 5.48. The second-order valence-corrected chi connectivity index (χ2v) is 3.83. The Morgan fingerprint density at radius 1 is 1.50 bits per heavy atom. The fourth-order valence-electron chi connectivity index (χ4n) is 1.81. The SMILES string of the molecule is CC1(C)NCCc2ccncc21. The number of rotatable bonds is 0. The molecule has 0 spiro atoms. The van der Waals surface area contributed by atoms with Crippen molar-refractivity contribution in [3.63, 3.8) is 0 Å². The number of aromatic nitrogens is 1. The summed E-state index contributed by atoms with van der Waals surface area (Å²) in [6, 6.07) is 2.12. The lowest BCUT2D eigenvalue weighted by Crippen LogP contribution is -2.42. The first kappa shape index (κ1) is 7.74. The molecular formula is C10H14N2. The Hall–Kier alpha value is -0.890. The number of pyridine rings is 1. The molecule has 0 unspecified atom stereocenters. The van der Waals surface area contributed by atoms with Gasteiger partial charge in [-0.3, -0.25) is 4.98 Å². The largest absolute Gasteiger partial charge is 0.307 e. The van der Waals surface area contributed by atoms with Crippen molar-refractivity contribution >= 4 is 0 Å². The van der Waals surface area contributed by atoms with Crippen LogP contribution in [0.5, 0.6) is 0 Å². The smallest absolute Gasteiger partial charge is 0.0395 e. The van der Waals surface area contributed by atoms with Crippen molar-refractivity contribution in [2.45, 2.75) is 25.8 Å². The maximum atomic E-state index is 4.15. The van der Waals surface area contributed by atoms with E-state index in [2.05, 4.69) is 30.2 Å². The standard InChI is InChI=1S/C10H14N2/c1-10(2)9-7-11-5-3-8(9)4-6-12-10/h3,5,7,12H,4,6H2,1-2H3. The van der Waals surface area contributed by atoms with Crippen LogP contribution in [0.1, 0.15) is 25.0 Å². The fraction of sp³-hybridized carbons (Fsp3) is 0.500. The van der Waals surface area contributed by atoms with Crippen LogP contribution >= 0.6 is 0 Å². The number of nitrogens with zero attached hydrogens (tertiary/aromatic N) is 1. The zero-order valence-electron chi connectivity index (χ0n) is 7.59. The van der Waals surface area contributed by atoms with Crippen LogP contribution in [0, 0.1) is 0 Å². The molecule has 1 aromatic rings. The van der Waals surface area contributed by atoms with Gasteiger partial charge in [0, 0.05) is 17.9 Å². The molecule has 1 aliphatic rings. The van der Waals surface area contributed by atoms with E-state index in [0.717, 1.165) is 13.0 Å². The van der Waals surface area contributed by atoms with Crippen LogP contribution in [0.15, 0.2) is 18.5 Å². The summed E-state index contributed by atoms with van der Waals surface area (Å²) < 4.78 is 0. The Labute approximate surface area is 73.0 Å². The van der Waals surface area contributed by atoms with E-state index >= 15 is 0 Å². The third kappa shape index (κ3) is 1.12. The van der Waals surface area contributed by atoms with E-state index in [9.17, 15) is 0 Å². The molecule has 2 heteroatoms. The first-order valence-electron chi connectivity index (χ1n) is 4.38. The maximum Gasteiger partial charge on any atom is 0.0395 e. The van der Waals surface area contributed by atoms with Crippen LogP contribution < -0.4 is 5.32 Å². The van der Waals surface area contributed by atoms with Crippen LogP contribution in [-0.4, -0.2) is 11.5 Å². The number of fused-ring (bicyclic) bond motifs is 1. The zero-order chi connectivity index (χ0) is 8.60. The minimum absolute atomic E-state index is 0.0991. The summed E-state index contributed by atoms with van der Waals surface area (Å²) in [5.41, 5.74) is 2.88. The lowest BCUT2D eigenvalue weighted by Gasteiger charge is -2.33. The van der Waals surface area contributed by atoms with Crippen molar-refractivity contribution in [3.8, 4) is 0 Å². The quantitative estimate of drug-likeness (QED) is 0.624. The molecule has 0 fully saturated rings. The number of hydrogen-bond donors (Lipinski definition) is 1. The van der Waals surface area contributed by atoms with E-state index in [0.29, 0.717) is 0 Å². The Kier molecular flexibility index (Phi) is 1.65. The highest BCUT2D eigenvalue weighted by Gasteiger charge is 2.26. The number of nitrogens with one attached hydrogen (secondary N) is 1. The normalized spacial score (nSPS) is 20.2. The van der Waals surface area contributed by atoms with Crippen LogP contribution in [-0.2, 0) is 12.0 Å². The van der Waals surface area contributed by atoms with E-state index in [-0.39, 0.29) is 5.54 Å². The molecule has 0 amide bonds. The zero-order valence-corrected chi connectivity index (χ0v) is 7.59. The highest BCUT2D eigenvalue weighted by molar-refractivity contribution is 5.32. The van der Waals surface area contributed by atoms with Crippen molar-refractivity contribution in [2.75, 3.05) is 6.54 Å². The lowest BCUT2D eigenvalue weighted by molar-refractivity contribution is 0.381. The van der Waals surface area contributed by atoms with E-state index in [1.165, 1.54) is 11.1 Å². The Balaban J connectivity index is 2.52. The second-order valence-electron chi connectivity index (χ2n) is 3.83. The van der Waals surface area contributed by atoms with Crippen LogP contribution in [0.4, 0.5) is 0 Å². The highest BCUT2D eigenvalue weighted by Crippen LogP contribution is 2.26. The molecule has 12 heavy (non-hydrogen) atoms. The molecule has 0 aromatic carbocycles. The Morgan fingerprint density at radius 3 is 3.08 bits per heavy atom. The second kappa shape index (κ2) is 2.56. The molecule has 1 N–H and O–H groups in total. The fourth-order valence-corrected chi connectivity index (χ4v) is 1.81. The Morgan fingerprint density at radius 2 is 2.33 bits per heavy atom. The minimum Gasteiger partial charge on any atom is -0.307 e. The van der Waals surface area contributed by atoms with E-state index in [4.69, 9.17) is 0 Å². The third-order valence-electron chi connectivity index (χ3n) is 2.55. The summed E-state index contributed by atoms with van der Waals surface area (Å²) in [4.78, 5) is 4.15. The van der Waals surface area contributed by atoms with E-state index in [1.807, 2.05) is 12.4 Å². The third-order valence-corrected chi connectivity index (χ3v) is 2.55. The predicted octanol–water partition coefficient (Wildman–Crippen LogP) is 1.46. The first-order chi connectivity index (χ1) is 5.70. The molecule has 0 radical (unpaired) electrons. The van der Waals surface area contributed by atoms with Gasteiger partial charge in [0.05, 0.1) is 0 Å². The molecule has 0 aliphatic carbocycles. The van der Waals surface area contributed by atoms with Gasteiger partial charge in [-0.05, 0) is 44.0 Å². The molecule has 0 saturated heterocycles. The topological polar surface area (TPSA) is 24.9 Å². The van der Waals surface area contributed by atoms with Gasteiger partial charge < -0.3 is 5.32 Å². The van der Waals surface area contributed by atoms with E-state index < -0.39 is 0 Å². The summed E-state index contributed by atoms with van der Waals surface area (Å²) in [5, 5.41) is 3.47. The van der Waals surface area contributed by atoms with Gasteiger partial charge in [0.2, 0.25) is 0 Å². The number of hydrogen-bond acceptors (Lipinski definition) is 2. The molecule has 0 bridgehead atoms. The van der Waals surface area contributed by atoms with Crippen molar-refractivity contribution in [1.29, 1.82) is 0 Å². The van der Waals surface area contributed by atoms with Gasteiger partial charge in [-0.1, -0.05) is 0 Å². The van der Waals surface area contributed by atoms with Gasteiger partial charge in [-0.15, -0.1) is 0 Å². The molecule has 0 atom stereocenters. The van der Waals surface area contributed by atoms with E-state index in [1.54, 1.807) is 0 Å². The van der Waals surface area contributed by atoms with Gasteiger partial charge in [-0.2, -0.15) is 0 Å². The van der Waals surface area contributed by atoms with Gasteiger partial charge in [0.1, 0.15) is 0 Å². The molecule has 2 rings (SSSR count). The summed E-state index contributed by atoms with van der Waals surface area (Å²) in [7, 11) is 0. The molecule has 2 nitrogen and oxygen atoms in total. The first-order valence-corrected chi connectivity index (χ1v) is 4.38. The monoisotopic (exact) mass is 162 g/mol. The van der Waals surface area contributed by atoms with Gasteiger partial charge in [0.25, 0.3) is 0 Å². The predicted molar refractivity (Wildman–Crippen MR) is 49.0 cm³/mol. The van der Waals surface area contributed by atoms with Crippen molar-refractivity contribution in [2.24, 2.45) is 0 Å². The summed E-state index contributed by atoms with van der Waals surface area (Å²) in [5.74, 6) is 0. The molecule has 64 valence electrons.